The summed E-state index contributed by atoms with van der Waals surface area (Å²) in [4.78, 5) is 11.4. The molecule has 0 amide bonds. The highest BCUT2D eigenvalue weighted by Crippen LogP contribution is 2.32. The largest absolute Gasteiger partial charge is 0.493 e. The molecule has 0 radical (unpaired) electrons. The van der Waals surface area contributed by atoms with E-state index in [4.69, 9.17) is 14.0 Å². The highest BCUT2D eigenvalue weighted by Gasteiger charge is 2.17. The Morgan fingerprint density at radius 3 is 2.52 bits per heavy atom. The molecule has 31 heavy (non-hydrogen) atoms. The Hall–Kier alpha value is -3.02. The number of aromatic nitrogens is 1. The van der Waals surface area contributed by atoms with Crippen molar-refractivity contribution in [3.63, 3.8) is 0 Å². The quantitative estimate of drug-likeness (QED) is 0.413. The summed E-state index contributed by atoms with van der Waals surface area (Å²) in [5, 5.41) is 14.6. The fourth-order valence-corrected chi connectivity index (χ4v) is 3.89. The Balaban J connectivity index is 1.64. The highest BCUT2D eigenvalue weighted by molar-refractivity contribution is 5.90. The first kappa shape index (κ1) is 22.7. The topological polar surface area (TPSA) is 81.8 Å². The van der Waals surface area contributed by atoms with Gasteiger partial charge in [-0.25, -0.2) is 4.79 Å². The van der Waals surface area contributed by atoms with Crippen LogP contribution in [0.4, 0.5) is 0 Å². The number of carboxylic acid groups (broad SMARTS) is 1. The fourth-order valence-electron chi connectivity index (χ4n) is 3.89. The second-order valence-electron chi connectivity index (χ2n) is 7.83. The van der Waals surface area contributed by atoms with E-state index in [0.717, 1.165) is 69.7 Å². The molecule has 0 aliphatic heterocycles. The first-order chi connectivity index (χ1) is 14.9. The maximum atomic E-state index is 11.4. The van der Waals surface area contributed by atoms with Gasteiger partial charge in [-0.3, -0.25) is 0 Å². The molecular weight excluding hydrogens is 394 g/mol. The summed E-state index contributed by atoms with van der Waals surface area (Å²) in [6.45, 7) is 10.8. The van der Waals surface area contributed by atoms with Gasteiger partial charge in [-0.2, -0.15) is 0 Å². The summed E-state index contributed by atoms with van der Waals surface area (Å²) in [6, 6.07) is 5.70. The maximum absolute atomic E-state index is 11.4. The Morgan fingerprint density at radius 1 is 1.10 bits per heavy atom. The first-order valence-corrected chi connectivity index (χ1v) is 10.9. The summed E-state index contributed by atoms with van der Waals surface area (Å²) in [7, 11) is 0. The fraction of sp³-hybridized carbons (Fsp3) is 0.440. The number of aromatic carboxylic acids is 1. The number of rotatable bonds is 10. The zero-order valence-electron chi connectivity index (χ0n) is 19.0. The molecule has 1 heterocycles. The summed E-state index contributed by atoms with van der Waals surface area (Å²) < 4.78 is 17.7. The Morgan fingerprint density at radius 2 is 1.84 bits per heavy atom. The number of benzene rings is 2. The van der Waals surface area contributed by atoms with E-state index in [9.17, 15) is 9.90 Å². The van der Waals surface area contributed by atoms with E-state index in [0.29, 0.717) is 25.2 Å². The van der Waals surface area contributed by atoms with E-state index < -0.39 is 5.97 Å². The third-order valence-corrected chi connectivity index (χ3v) is 5.66. The molecule has 0 spiro atoms. The monoisotopic (exact) mass is 425 g/mol. The van der Waals surface area contributed by atoms with Crippen LogP contribution in [0.1, 0.15) is 65.0 Å². The number of hydrogen-bond donors (Lipinski definition) is 1. The highest BCUT2D eigenvalue weighted by atomic mass is 16.5. The van der Waals surface area contributed by atoms with Crippen molar-refractivity contribution in [3.05, 3.63) is 51.7 Å². The number of carboxylic acids is 1. The molecule has 0 aliphatic rings. The van der Waals surface area contributed by atoms with E-state index in [-0.39, 0.29) is 0 Å². The van der Waals surface area contributed by atoms with Crippen molar-refractivity contribution >= 4 is 16.9 Å². The van der Waals surface area contributed by atoms with Crippen molar-refractivity contribution in [2.75, 3.05) is 13.2 Å². The number of ether oxygens (including phenoxy) is 2. The Kier molecular flexibility index (Phi) is 7.21. The molecule has 0 atom stereocenters. The van der Waals surface area contributed by atoms with Gasteiger partial charge in [-0.05, 0) is 68.5 Å². The zero-order valence-corrected chi connectivity index (χ0v) is 19.0. The van der Waals surface area contributed by atoms with Gasteiger partial charge in [0.1, 0.15) is 11.5 Å². The summed E-state index contributed by atoms with van der Waals surface area (Å²) in [6.07, 6.45) is 3.40. The number of fused-ring (bicyclic) bond motifs is 1. The van der Waals surface area contributed by atoms with Crippen LogP contribution in [0.2, 0.25) is 0 Å². The lowest BCUT2D eigenvalue weighted by Crippen LogP contribution is -2.09. The summed E-state index contributed by atoms with van der Waals surface area (Å²) in [5.74, 6) is 0.674. The van der Waals surface area contributed by atoms with Gasteiger partial charge in [0, 0.05) is 17.4 Å². The van der Waals surface area contributed by atoms with Crippen molar-refractivity contribution in [2.45, 2.75) is 60.3 Å². The third kappa shape index (κ3) is 4.68. The molecular formula is C25H31NO5. The molecule has 0 bridgehead atoms. The molecule has 0 fully saturated rings. The van der Waals surface area contributed by atoms with E-state index in [1.54, 1.807) is 6.07 Å². The Labute approximate surface area is 183 Å². The van der Waals surface area contributed by atoms with Gasteiger partial charge in [0.2, 0.25) is 0 Å². The smallest absolute Gasteiger partial charge is 0.335 e. The van der Waals surface area contributed by atoms with Crippen LogP contribution in [-0.2, 0) is 12.8 Å². The summed E-state index contributed by atoms with van der Waals surface area (Å²) >= 11 is 0. The SMILES string of the molecule is CCCc1c(OCCCOc2c(C)cc(C(=O)O)c(C)c2C)ccc2c(CC)noc12. The van der Waals surface area contributed by atoms with Crippen LogP contribution in [0.15, 0.2) is 22.7 Å². The second-order valence-corrected chi connectivity index (χ2v) is 7.83. The molecule has 1 N–H and O–H groups in total. The molecule has 0 saturated heterocycles. The normalized spacial score (nSPS) is 11.1. The van der Waals surface area contributed by atoms with Gasteiger partial charge >= 0.3 is 5.97 Å². The van der Waals surface area contributed by atoms with Gasteiger partial charge in [-0.1, -0.05) is 25.4 Å². The van der Waals surface area contributed by atoms with Crippen molar-refractivity contribution < 1.29 is 23.9 Å². The molecule has 3 rings (SSSR count). The first-order valence-electron chi connectivity index (χ1n) is 10.9. The Bertz CT molecular complexity index is 1080. The van der Waals surface area contributed by atoms with Gasteiger partial charge < -0.3 is 19.1 Å². The molecule has 0 aliphatic carbocycles. The van der Waals surface area contributed by atoms with Crippen LogP contribution in [0, 0.1) is 20.8 Å². The van der Waals surface area contributed by atoms with Crippen molar-refractivity contribution in [2.24, 2.45) is 0 Å². The lowest BCUT2D eigenvalue weighted by atomic mass is 9.99. The van der Waals surface area contributed by atoms with Gasteiger partial charge in [-0.15, -0.1) is 0 Å². The van der Waals surface area contributed by atoms with Crippen LogP contribution >= 0.6 is 0 Å². The maximum Gasteiger partial charge on any atom is 0.335 e. The molecule has 2 aromatic carbocycles. The van der Waals surface area contributed by atoms with E-state index >= 15 is 0 Å². The van der Waals surface area contributed by atoms with Crippen LogP contribution in [0.25, 0.3) is 11.0 Å². The third-order valence-electron chi connectivity index (χ3n) is 5.66. The minimum absolute atomic E-state index is 0.322. The van der Waals surface area contributed by atoms with Crippen LogP contribution < -0.4 is 9.47 Å². The minimum Gasteiger partial charge on any atom is -0.493 e. The average molecular weight is 426 g/mol. The van der Waals surface area contributed by atoms with Crippen molar-refractivity contribution in [1.82, 2.24) is 5.16 Å². The number of nitrogens with zero attached hydrogens (tertiary/aromatic N) is 1. The van der Waals surface area contributed by atoms with Gasteiger partial charge in [0.05, 0.1) is 24.5 Å². The van der Waals surface area contributed by atoms with Gasteiger partial charge in [0.15, 0.2) is 5.58 Å². The van der Waals surface area contributed by atoms with Crippen molar-refractivity contribution in [1.29, 1.82) is 0 Å². The van der Waals surface area contributed by atoms with Gasteiger partial charge in [0.25, 0.3) is 0 Å². The molecule has 1 aromatic heterocycles. The lowest BCUT2D eigenvalue weighted by molar-refractivity contribution is 0.0696. The molecule has 3 aromatic rings. The summed E-state index contributed by atoms with van der Waals surface area (Å²) in [5.41, 5.74) is 5.62. The number of hydrogen-bond acceptors (Lipinski definition) is 5. The molecule has 6 nitrogen and oxygen atoms in total. The molecule has 0 saturated carbocycles. The zero-order chi connectivity index (χ0) is 22.5. The minimum atomic E-state index is -0.915. The van der Waals surface area contributed by atoms with E-state index in [1.807, 2.05) is 32.9 Å². The van der Waals surface area contributed by atoms with E-state index in [2.05, 4.69) is 19.0 Å². The average Bonchev–Trinajstić information content (AvgIpc) is 3.17. The van der Waals surface area contributed by atoms with Crippen LogP contribution in [-0.4, -0.2) is 29.4 Å². The second kappa shape index (κ2) is 9.86. The predicted octanol–water partition coefficient (Wildman–Crippen LogP) is 5.81. The predicted molar refractivity (Wildman–Crippen MR) is 121 cm³/mol. The van der Waals surface area contributed by atoms with Crippen LogP contribution in [0.3, 0.4) is 0 Å². The van der Waals surface area contributed by atoms with Crippen molar-refractivity contribution in [3.8, 4) is 11.5 Å². The van der Waals surface area contributed by atoms with Crippen LogP contribution in [0.5, 0.6) is 11.5 Å². The number of carbonyl (C=O) groups is 1. The molecule has 166 valence electrons. The lowest BCUT2D eigenvalue weighted by Gasteiger charge is -2.16. The molecule has 0 unspecified atom stereocenters. The van der Waals surface area contributed by atoms with E-state index in [1.165, 1.54) is 0 Å². The molecule has 6 heteroatoms. The number of aryl methyl sites for hydroxylation is 3. The standard InChI is InChI=1S/C25H31NO5/c1-6-9-19-22(11-10-18-21(7-2)26-31-24(18)19)29-12-8-13-30-23-15(3)14-20(25(27)28)16(4)17(23)5/h10-11,14H,6-9,12-13H2,1-5H3,(H,27,28).